The van der Waals surface area contributed by atoms with Gasteiger partial charge in [0.1, 0.15) is 0 Å². The van der Waals surface area contributed by atoms with Crippen LogP contribution < -0.4 is 5.32 Å². The zero-order valence-corrected chi connectivity index (χ0v) is 13.5. The minimum absolute atomic E-state index is 0.457. The molecule has 0 amide bonds. The molecule has 1 aromatic carbocycles. The molecular formula is C17H19N5O2. The van der Waals surface area contributed by atoms with Gasteiger partial charge in [-0.1, -0.05) is 5.16 Å². The van der Waals surface area contributed by atoms with Crippen molar-refractivity contribution in [1.29, 1.82) is 0 Å². The number of rotatable bonds is 3. The maximum Gasteiger partial charge on any atom is 0.247 e. The summed E-state index contributed by atoms with van der Waals surface area (Å²) in [6.07, 6.45) is 2.54. The van der Waals surface area contributed by atoms with Gasteiger partial charge in [0.2, 0.25) is 11.8 Å². The van der Waals surface area contributed by atoms with Crippen LogP contribution in [0.25, 0.3) is 22.4 Å². The molecule has 0 radical (unpaired) electrons. The first-order valence-electron chi connectivity index (χ1n) is 8.45. The molecule has 3 aliphatic heterocycles. The maximum atomic E-state index is 5.52. The monoisotopic (exact) mass is 325 g/mol. The Balaban J connectivity index is 1.43. The second-order valence-electron chi connectivity index (χ2n) is 6.76. The van der Waals surface area contributed by atoms with Crippen LogP contribution in [0.1, 0.15) is 18.7 Å². The smallest absolute Gasteiger partial charge is 0.247 e. The van der Waals surface area contributed by atoms with Gasteiger partial charge in [0.25, 0.3) is 0 Å². The number of benzene rings is 1. The van der Waals surface area contributed by atoms with Gasteiger partial charge in [-0.3, -0.25) is 0 Å². The van der Waals surface area contributed by atoms with Gasteiger partial charge in [0, 0.05) is 25.1 Å². The quantitative estimate of drug-likeness (QED) is 0.793. The highest BCUT2D eigenvalue weighted by Gasteiger charge is 2.34. The zero-order valence-electron chi connectivity index (χ0n) is 13.5. The molecule has 0 saturated carbocycles. The first kappa shape index (κ1) is 14.0. The highest BCUT2D eigenvalue weighted by atomic mass is 16.5. The summed E-state index contributed by atoms with van der Waals surface area (Å²) in [6.45, 7) is 5.34. The molecule has 2 aromatic heterocycles. The van der Waals surface area contributed by atoms with Gasteiger partial charge in [-0.2, -0.15) is 0 Å². The first-order valence-corrected chi connectivity index (χ1v) is 8.45. The fourth-order valence-electron chi connectivity index (χ4n) is 3.89. The third kappa shape index (κ3) is 2.27. The number of hydrogen-bond acceptors (Lipinski definition) is 7. The first-order chi connectivity index (χ1) is 11.8. The minimum Gasteiger partial charge on any atom is -0.421 e. The SMILES string of the molecule is Cc1nnc(-c2ccc3c(N[C@@H]4CN5CCC4CC5)noc3c2)o1. The third-order valence-electron chi connectivity index (χ3n) is 5.22. The Kier molecular flexibility index (Phi) is 3.09. The number of aromatic nitrogens is 3. The van der Waals surface area contributed by atoms with Crippen LogP contribution in [0.15, 0.2) is 27.1 Å². The third-order valence-corrected chi connectivity index (χ3v) is 5.22. The van der Waals surface area contributed by atoms with Crippen LogP contribution in [0, 0.1) is 12.8 Å². The number of aryl methyl sites for hydroxylation is 1. The number of anilines is 1. The molecule has 3 aromatic rings. The lowest BCUT2D eigenvalue weighted by Gasteiger charge is -2.44. The molecule has 7 heteroatoms. The van der Waals surface area contributed by atoms with Crippen LogP contribution in [0.4, 0.5) is 5.82 Å². The van der Waals surface area contributed by atoms with Crippen molar-refractivity contribution in [2.45, 2.75) is 25.8 Å². The molecule has 3 aliphatic rings. The Hall–Kier alpha value is -2.41. The van der Waals surface area contributed by atoms with E-state index in [2.05, 4.69) is 25.6 Å². The van der Waals surface area contributed by atoms with Gasteiger partial charge in [0.05, 0.1) is 5.39 Å². The van der Waals surface area contributed by atoms with Crippen molar-refractivity contribution in [2.75, 3.05) is 25.0 Å². The molecule has 0 aliphatic carbocycles. The van der Waals surface area contributed by atoms with Gasteiger partial charge in [-0.25, -0.2) is 0 Å². The Bertz CT molecular complexity index is 878. The Morgan fingerprint density at radius 1 is 1.21 bits per heavy atom. The van der Waals surface area contributed by atoms with E-state index in [-0.39, 0.29) is 0 Å². The van der Waals surface area contributed by atoms with Gasteiger partial charge >= 0.3 is 0 Å². The molecule has 6 rings (SSSR count). The fraction of sp³-hybridized carbons (Fsp3) is 0.471. The molecule has 3 fully saturated rings. The maximum absolute atomic E-state index is 5.52. The molecule has 24 heavy (non-hydrogen) atoms. The molecule has 2 bridgehead atoms. The van der Waals surface area contributed by atoms with Crippen molar-refractivity contribution in [3.63, 3.8) is 0 Å². The molecule has 3 saturated heterocycles. The molecule has 5 heterocycles. The van der Waals surface area contributed by atoms with Crippen molar-refractivity contribution in [2.24, 2.45) is 5.92 Å². The summed E-state index contributed by atoms with van der Waals surface area (Å²) in [6, 6.07) is 6.33. The van der Waals surface area contributed by atoms with Crippen molar-refractivity contribution in [3.8, 4) is 11.5 Å². The summed E-state index contributed by atoms with van der Waals surface area (Å²) < 4.78 is 11.0. The van der Waals surface area contributed by atoms with E-state index in [1.165, 1.54) is 25.9 Å². The largest absolute Gasteiger partial charge is 0.421 e. The molecule has 0 spiro atoms. The Morgan fingerprint density at radius 3 is 2.79 bits per heavy atom. The number of hydrogen-bond donors (Lipinski definition) is 1. The van der Waals surface area contributed by atoms with E-state index in [0.717, 1.165) is 34.8 Å². The predicted molar refractivity (Wildman–Crippen MR) is 88.6 cm³/mol. The van der Waals surface area contributed by atoms with Gasteiger partial charge in [0.15, 0.2) is 11.4 Å². The lowest BCUT2D eigenvalue weighted by Crippen LogP contribution is -2.53. The lowest BCUT2D eigenvalue weighted by atomic mass is 9.84. The molecular weight excluding hydrogens is 306 g/mol. The summed E-state index contributed by atoms with van der Waals surface area (Å²) in [5.74, 6) is 2.62. The van der Waals surface area contributed by atoms with Crippen LogP contribution in [0.2, 0.25) is 0 Å². The lowest BCUT2D eigenvalue weighted by molar-refractivity contribution is 0.0973. The summed E-state index contributed by atoms with van der Waals surface area (Å²) in [7, 11) is 0. The van der Waals surface area contributed by atoms with Crippen LogP contribution >= 0.6 is 0 Å². The van der Waals surface area contributed by atoms with E-state index in [1.54, 1.807) is 6.92 Å². The second kappa shape index (κ2) is 5.31. The fourth-order valence-corrected chi connectivity index (χ4v) is 3.89. The second-order valence-corrected chi connectivity index (χ2v) is 6.76. The molecule has 1 N–H and O–H groups in total. The Morgan fingerprint density at radius 2 is 2.08 bits per heavy atom. The molecule has 7 nitrogen and oxygen atoms in total. The van der Waals surface area contributed by atoms with Gasteiger partial charge < -0.3 is 19.2 Å². The zero-order chi connectivity index (χ0) is 16.1. The van der Waals surface area contributed by atoms with E-state index < -0.39 is 0 Å². The van der Waals surface area contributed by atoms with Crippen LogP contribution in [0.3, 0.4) is 0 Å². The van der Waals surface area contributed by atoms with Crippen molar-refractivity contribution in [3.05, 3.63) is 24.1 Å². The summed E-state index contributed by atoms with van der Waals surface area (Å²) in [5.41, 5.74) is 1.57. The Labute approximate surface area is 139 Å². The molecule has 0 unspecified atom stereocenters. The summed E-state index contributed by atoms with van der Waals surface area (Å²) >= 11 is 0. The van der Waals surface area contributed by atoms with Gasteiger partial charge in [-0.05, 0) is 50.0 Å². The highest BCUT2D eigenvalue weighted by Crippen LogP contribution is 2.33. The van der Waals surface area contributed by atoms with Crippen LogP contribution in [0.5, 0.6) is 0 Å². The van der Waals surface area contributed by atoms with E-state index >= 15 is 0 Å². The van der Waals surface area contributed by atoms with Crippen LogP contribution in [-0.4, -0.2) is 45.9 Å². The van der Waals surface area contributed by atoms with E-state index in [4.69, 9.17) is 8.94 Å². The summed E-state index contributed by atoms with van der Waals surface area (Å²) in [5, 5.41) is 16.8. The highest BCUT2D eigenvalue weighted by molar-refractivity contribution is 5.90. The van der Waals surface area contributed by atoms with E-state index in [1.807, 2.05) is 18.2 Å². The normalized spacial score (nSPS) is 26.1. The average molecular weight is 325 g/mol. The van der Waals surface area contributed by atoms with Crippen LogP contribution in [-0.2, 0) is 0 Å². The van der Waals surface area contributed by atoms with E-state index in [0.29, 0.717) is 17.8 Å². The van der Waals surface area contributed by atoms with Gasteiger partial charge in [-0.15, -0.1) is 10.2 Å². The van der Waals surface area contributed by atoms with Crippen molar-refractivity contribution >= 4 is 16.8 Å². The summed E-state index contributed by atoms with van der Waals surface area (Å²) in [4.78, 5) is 2.52. The number of fused-ring (bicyclic) bond motifs is 4. The number of nitrogens with zero attached hydrogens (tertiary/aromatic N) is 4. The van der Waals surface area contributed by atoms with Crippen molar-refractivity contribution < 1.29 is 8.94 Å². The topological polar surface area (TPSA) is 80.2 Å². The van der Waals surface area contributed by atoms with E-state index in [9.17, 15) is 0 Å². The minimum atomic E-state index is 0.457. The number of nitrogens with one attached hydrogen (secondary N) is 1. The number of piperidine rings is 3. The average Bonchev–Trinajstić information content (AvgIpc) is 3.22. The molecule has 124 valence electrons. The van der Waals surface area contributed by atoms with Crippen molar-refractivity contribution in [1.82, 2.24) is 20.3 Å². The standard InChI is InChI=1S/C17H19N5O2/c1-10-19-20-17(23-10)12-2-3-13-15(8-12)24-21-16(13)18-14-9-22-6-4-11(14)5-7-22/h2-3,8,11,14H,4-7,9H2,1H3,(H,18,21)/t14-/m1/s1. The molecule has 1 atom stereocenters. The predicted octanol–water partition coefficient (Wildman–Crippen LogP) is 2.69.